The van der Waals surface area contributed by atoms with Gasteiger partial charge in [-0.2, -0.15) is 0 Å². The Balaban J connectivity index is 0.913. The van der Waals surface area contributed by atoms with Crippen LogP contribution in [0, 0.1) is 17.7 Å². The summed E-state index contributed by atoms with van der Waals surface area (Å²) in [6.45, 7) is 14.1. The fraction of sp³-hybridized carbons (Fsp3) is 0.348. The highest BCUT2D eigenvalue weighted by atomic mass is 19.1. The van der Waals surface area contributed by atoms with Gasteiger partial charge in [0, 0.05) is 57.0 Å². The van der Waals surface area contributed by atoms with Crippen LogP contribution in [0.5, 0.6) is 0 Å². The van der Waals surface area contributed by atoms with Crippen molar-refractivity contribution in [2.45, 2.75) is 141 Å². The Hall–Kier alpha value is -6.72. The van der Waals surface area contributed by atoms with Gasteiger partial charge in [0.15, 0.2) is 0 Å². The van der Waals surface area contributed by atoms with Crippen LogP contribution in [0.4, 0.5) is 4.39 Å². The zero-order valence-corrected chi connectivity index (χ0v) is 44.4. The number of aromatic nitrogens is 3. The van der Waals surface area contributed by atoms with E-state index in [1.807, 2.05) is 18.2 Å². The van der Waals surface area contributed by atoms with Gasteiger partial charge < -0.3 is 4.42 Å². The highest BCUT2D eigenvalue weighted by Gasteiger charge is 2.39. The molecule has 3 atom stereocenters. The summed E-state index contributed by atoms with van der Waals surface area (Å²) in [7, 11) is 0. The second-order valence-corrected chi connectivity index (χ2v) is 23.3. The molecule has 4 aromatic heterocycles. The van der Waals surface area contributed by atoms with Gasteiger partial charge in [0.25, 0.3) is 0 Å². The smallest absolute Gasteiger partial charge is 0.144 e. The zero-order chi connectivity index (χ0) is 51.0. The molecule has 74 heavy (non-hydrogen) atoms. The summed E-state index contributed by atoms with van der Waals surface area (Å²) in [6, 6.07) is 51.6. The molecule has 5 aromatic carbocycles. The SMILES string of the molecule is CCC(CC)(Cc1cc(CC(C)(C)c2ccc(-c3ccccc3)nc2)cc(CC(C)(C)c2ccc(-c3ccccc3)nc2)c1)c1ccc(-c2cccc3c2oc2c(C4CCCC5CCCCC54)c(F)ccc23)nc1. The number of rotatable bonds is 15. The van der Waals surface area contributed by atoms with Crippen LogP contribution in [-0.4, -0.2) is 15.0 Å². The van der Waals surface area contributed by atoms with Crippen LogP contribution in [0.1, 0.15) is 144 Å². The number of halogens is 1. The summed E-state index contributed by atoms with van der Waals surface area (Å²) in [6.07, 6.45) is 19.3. The molecule has 4 heterocycles. The first-order valence-corrected chi connectivity index (χ1v) is 27.7. The van der Waals surface area contributed by atoms with Gasteiger partial charge in [-0.05, 0) is 143 Å². The number of hydrogen-bond acceptors (Lipinski definition) is 4. The van der Waals surface area contributed by atoms with Gasteiger partial charge in [-0.3, -0.25) is 15.0 Å². The van der Waals surface area contributed by atoms with Crippen LogP contribution < -0.4 is 0 Å². The topological polar surface area (TPSA) is 51.8 Å². The van der Waals surface area contributed by atoms with Crippen LogP contribution in [0.15, 0.2) is 169 Å². The third-order valence-corrected chi connectivity index (χ3v) is 17.8. The van der Waals surface area contributed by atoms with E-state index >= 15 is 4.39 Å². The largest absolute Gasteiger partial charge is 0.455 e. The predicted octanol–water partition coefficient (Wildman–Crippen LogP) is 18.3. The molecule has 2 fully saturated rings. The van der Waals surface area contributed by atoms with Gasteiger partial charge in [0.1, 0.15) is 17.0 Å². The normalized spacial score (nSPS) is 17.4. The molecule has 0 saturated heterocycles. The Kier molecular flexibility index (Phi) is 13.7. The molecule has 0 radical (unpaired) electrons. The van der Waals surface area contributed by atoms with Gasteiger partial charge in [0.05, 0.1) is 17.1 Å². The van der Waals surface area contributed by atoms with Crippen molar-refractivity contribution in [3.8, 4) is 33.8 Å². The fourth-order valence-electron chi connectivity index (χ4n) is 13.5. The van der Waals surface area contributed by atoms with E-state index in [2.05, 4.69) is 181 Å². The molecule has 5 heteroatoms. The van der Waals surface area contributed by atoms with Crippen molar-refractivity contribution >= 4 is 21.9 Å². The van der Waals surface area contributed by atoms with Gasteiger partial charge in [0.2, 0.25) is 0 Å². The van der Waals surface area contributed by atoms with E-state index in [1.165, 1.54) is 65.5 Å². The lowest BCUT2D eigenvalue weighted by Crippen LogP contribution is -2.30. The minimum Gasteiger partial charge on any atom is -0.455 e. The minimum absolute atomic E-state index is 0.116. The van der Waals surface area contributed by atoms with Crippen molar-refractivity contribution in [1.82, 2.24) is 15.0 Å². The first-order valence-electron chi connectivity index (χ1n) is 27.7. The Morgan fingerprint density at radius 3 is 1.59 bits per heavy atom. The van der Waals surface area contributed by atoms with Crippen molar-refractivity contribution < 1.29 is 8.81 Å². The molecule has 0 amide bonds. The molecular weight excluding hydrogens is 906 g/mol. The summed E-state index contributed by atoms with van der Waals surface area (Å²) in [4.78, 5) is 15.2. The molecular formula is C69H72FN3O. The maximum absolute atomic E-state index is 16.2. The summed E-state index contributed by atoms with van der Waals surface area (Å²) in [5, 5.41) is 2.03. The third-order valence-electron chi connectivity index (χ3n) is 17.8. The predicted molar refractivity (Wildman–Crippen MR) is 304 cm³/mol. The van der Waals surface area contributed by atoms with E-state index < -0.39 is 0 Å². The molecule has 11 rings (SSSR count). The number of benzene rings is 5. The number of para-hydroxylation sites is 1. The van der Waals surface area contributed by atoms with Gasteiger partial charge in [-0.15, -0.1) is 0 Å². The second-order valence-electron chi connectivity index (χ2n) is 23.3. The van der Waals surface area contributed by atoms with Crippen molar-refractivity contribution in [3.05, 3.63) is 209 Å². The van der Waals surface area contributed by atoms with Crippen LogP contribution in [0.2, 0.25) is 0 Å². The average Bonchev–Trinajstić information content (AvgIpc) is 3.83. The average molecular weight is 978 g/mol. The highest BCUT2D eigenvalue weighted by Crippen LogP contribution is 2.51. The Morgan fingerprint density at radius 2 is 1.03 bits per heavy atom. The van der Waals surface area contributed by atoms with E-state index in [1.54, 1.807) is 6.07 Å². The van der Waals surface area contributed by atoms with Crippen LogP contribution >= 0.6 is 0 Å². The lowest BCUT2D eigenvalue weighted by atomic mass is 9.63. The minimum atomic E-state index is -0.163. The molecule has 0 N–H and O–H groups in total. The Morgan fingerprint density at radius 1 is 0.500 bits per heavy atom. The van der Waals surface area contributed by atoms with Crippen LogP contribution in [0.25, 0.3) is 55.7 Å². The molecule has 0 bridgehead atoms. The Labute approximate surface area is 439 Å². The van der Waals surface area contributed by atoms with Gasteiger partial charge in [-0.25, -0.2) is 4.39 Å². The number of pyridine rings is 3. The number of fused-ring (bicyclic) bond motifs is 4. The van der Waals surface area contributed by atoms with Gasteiger partial charge >= 0.3 is 0 Å². The summed E-state index contributed by atoms with van der Waals surface area (Å²) >= 11 is 0. The van der Waals surface area contributed by atoms with Crippen LogP contribution in [0.3, 0.4) is 0 Å². The molecule has 376 valence electrons. The van der Waals surface area contributed by atoms with E-state index in [4.69, 9.17) is 19.4 Å². The first kappa shape index (κ1) is 49.5. The van der Waals surface area contributed by atoms with E-state index in [0.717, 1.165) is 106 Å². The first-order chi connectivity index (χ1) is 35.9. The number of furan rings is 1. The lowest BCUT2D eigenvalue weighted by molar-refractivity contribution is 0.142. The molecule has 9 aromatic rings. The summed E-state index contributed by atoms with van der Waals surface area (Å²) in [5.41, 5.74) is 15.6. The molecule has 2 aliphatic carbocycles. The highest BCUT2D eigenvalue weighted by molar-refractivity contribution is 6.10. The molecule has 3 unspecified atom stereocenters. The lowest BCUT2D eigenvalue weighted by Gasteiger charge is -2.41. The standard InChI is InChI=1S/C69H72FN3O/c1-7-69(8-2,54-31-36-63(73-45-54)59-28-18-27-57-58-32-33-60(70)64(66(58)74-65(57)59)56-26-17-24-49-19-15-16-25-55(49)56)42-48-38-46(40-67(3,4)52-29-34-61(71-43-52)50-20-11-9-12-21-50)37-47(39-48)41-68(5,6)53-30-35-62(72-44-53)51-22-13-10-14-23-51/h9-14,18,20-23,27-39,43-45,49,55-56H,7-8,15-17,19,24-26,40-42H2,1-6H3. The third kappa shape index (κ3) is 9.76. The monoisotopic (exact) mass is 978 g/mol. The zero-order valence-electron chi connectivity index (χ0n) is 44.4. The summed E-state index contributed by atoms with van der Waals surface area (Å²) < 4.78 is 23.1. The second kappa shape index (κ2) is 20.5. The van der Waals surface area contributed by atoms with Crippen molar-refractivity contribution in [1.29, 1.82) is 0 Å². The maximum atomic E-state index is 16.2. The molecule has 2 saturated carbocycles. The number of nitrogens with zero attached hydrogens (tertiary/aromatic N) is 3. The van der Waals surface area contributed by atoms with Crippen molar-refractivity contribution in [3.63, 3.8) is 0 Å². The van der Waals surface area contributed by atoms with Crippen molar-refractivity contribution in [2.75, 3.05) is 0 Å². The van der Waals surface area contributed by atoms with Gasteiger partial charge in [-0.1, -0.05) is 183 Å². The summed E-state index contributed by atoms with van der Waals surface area (Å²) in [5.74, 6) is 1.32. The molecule has 0 spiro atoms. The van der Waals surface area contributed by atoms with Crippen LogP contribution in [-0.2, 0) is 35.5 Å². The maximum Gasteiger partial charge on any atom is 0.144 e. The molecule has 0 aliphatic heterocycles. The molecule has 4 nitrogen and oxygen atoms in total. The quantitative estimate of drug-likeness (QED) is 0.103. The molecule has 2 aliphatic rings. The van der Waals surface area contributed by atoms with E-state index in [9.17, 15) is 0 Å². The fourth-order valence-corrected chi connectivity index (χ4v) is 13.5. The Bertz CT molecular complexity index is 3250. The van der Waals surface area contributed by atoms with Crippen molar-refractivity contribution in [2.24, 2.45) is 11.8 Å². The number of hydrogen-bond donors (Lipinski definition) is 0. The van der Waals surface area contributed by atoms with E-state index in [0.29, 0.717) is 11.8 Å². The van der Waals surface area contributed by atoms with E-state index in [-0.39, 0.29) is 28.0 Å².